The summed E-state index contributed by atoms with van der Waals surface area (Å²) in [5.74, 6) is -0.815. The van der Waals surface area contributed by atoms with Crippen molar-refractivity contribution in [3.05, 3.63) is 52.3 Å². The summed E-state index contributed by atoms with van der Waals surface area (Å²) in [7, 11) is 0. The number of hydrogen-bond donors (Lipinski definition) is 1. The number of nitrogens with zero attached hydrogens (tertiary/aromatic N) is 2. The number of ether oxygens (including phenoxy) is 1. The molecule has 0 fully saturated rings. The summed E-state index contributed by atoms with van der Waals surface area (Å²) in [6.45, 7) is 9.83. The monoisotopic (exact) mass is 357 g/mol. The van der Waals surface area contributed by atoms with Crippen LogP contribution >= 0.6 is 0 Å². The molecule has 26 heavy (non-hydrogen) atoms. The van der Waals surface area contributed by atoms with Crippen molar-refractivity contribution in [2.24, 2.45) is 0 Å². The van der Waals surface area contributed by atoms with Crippen molar-refractivity contribution in [2.75, 3.05) is 6.61 Å². The Hall–Kier alpha value is -2.63. The number of benzene rings is 1. The molecule has 1 aromatic carbocycles. The van der Waals surface area contributed by atoms with Crippen LogP contribution in [0.25, 0.3) is 0 Å². The molecule has 1 heterocycles. The maximum absolute atomic E-state index is 12.4. The molecule has 0 unspecified atom stereocenters. The fourth-order valence-electron chi connectivity index (χ4n) is 2.63. The Labute approximate surface area is 154 Å². The van der Waals surface area contributed by atoms with Gasteiger partial charge in [0.25, 0.3) is 5.91 Å². The summed E-state index contributed by atoms with van der Waals surface area (Å²) in [4.78, 5) is 24.2. The highest BCUT2D eigenvalue weighted by Gasteiger charge is 2.21. The van der Waals surface area contributed by atoms with Gasteiger partial charge in [0.05, 0.1) is 17.9 Å². The van der Waals surface area contributed by atoms with Gasteiger partial charge in [-0.25, -0.2) is 4.79 Å². The predicted octanol–water partition coefficient (Wildman–Crippen LogP) is 2.93. The number of carbonyl (C=O) groups is 2. The Balaban J connectivity index is 2.05. The van der Waals surface area contributed by atoms with Crippen molar-refractivity contribution in [2.45, 2.75) is 53.6 Å². The first-order valence-electron chi connectivity index (χ1n) is 8.87. The van der Waals surface area contributed by atoms with Crippen molar-refractivity contribution < 1.29 is 14.3 Å². The number of aryl methyl sites for hydroxylation is 2. The Kier molecular flexibility index (Phi) is 6.55. The zero-order valence-corrected chi connectivity index (χ0v) is 16.1. The molecule has 0 spiro atoms. The summed E-state index contributed by atoms with van der Waals surface area (Å²) in [5, 5.41) is 7.22. The number of nitrogens with one attached hydrogen (secondary N) is 1. The second-order valence-corrected chi connectivity index (χ2v) is 6.64. The molecule has 140 valence electrons. The molecule has 2 rings (SSSR count). The van der Waals surface area contributed by atoms with Gasteiger partial charge in [-0.05, 0) is 39.7 Å². The summed E-state index contributed by atoms with van der Waals surface area (Å²) in [6.07, 6.45) is 0.823. The van der Waals surface area contributed by atoms with Gasteiger partial charge in [0, 0.05) is 6.04 Å². The molecule has 6 heteroatoms. The lowest BCUT2D eigenvalue weighted by Gasteiger charge is -2.11. The molecule has 0 aliphatic heterocycles. The van der Waals surface area contributed by atoms with Gasteiger partial charge in [-0.1, -0.05) is 36.8 Å². The highest BCUT2D eigenvalue weighted by molar-refractivity contribution is 5.93. The molecule has 0 aliphatic rings. The zero-order valence-electron chi connectivity index (χ0n) is 16.1. The van der Waals surface area contributed by atoms with Crippen LogP contribution in [0.4, 0.5) is 0 Å². The number of rotatable bonds is 7. The average molecular weight is 357 g/mol. The minimum Gasteiger partial charge on any atom is -0.452 e. The minimum absolute atomic E-state index is 0.0573. The second kappa shape index (κ2) is 8.65. The van der Waals surface area contributed by atoms with E-state index in [1.54, 1.807) is 11.6 Å². The number of amides is 1. The number of hydrogen-bond acceptors (Lipinski definition) is 4. The second-order valence-electron chi connectivity index (χ2n) is 6.64. The molecule has 6 nitrogen and oxygen atoms in total. The van der Waals surface area contributed by atoms with Crippen LogP contribution in [0.3, 0.4) is 0 Å². The summed E-state index contributed by atoms with van der Waals surface area (Å²) in [5.41, 5.74) is 4.06. The van der Waals surface area contributed by atoms with Crippen molar-refractivity contribution >= 4 is 11.9 Å². The van der Waals surface area contributed by atoms with Crippen LogP contribution in [0.1, 0.15) is 53.1 Å². The minimum atomic E-state index is -0.519. The molecule has 1 aromatic heterocycles. The van der Waals surface area contributed by atoms with Crippen LogP contribution in [0.2, 0.25) is 0 Å². The average Bonchev–Trinajstić information content (AvgIpc) is 2.88. The van der Waals surface area contributed by atoms with E-state index in [0.29, 0.717) is 17.8 Å². The zero-order chi connectivity index (χ0) is 19.3. The lowest BCUT2D eigenvalue weighted by Crippen LogP contribution is -2.35. The normalized spacial score (nSPS) is 11.9. The third kappa shape index (κ3) is 4.94. The van der Waals surface area contributed by atoms with Crippen LogP contribution in [0, 0.1) is 20.8 Å². The van der Waals surface area contributed by atoms with E-state index in [9.17, 15) is 9.59 Å². The lowest BCUT2D eigenvalue weighted by atomic mass is 10.1. The van der Waals surface area contributed by atoms with Gasteiger partial charge in [-0.15, -0.1) is 0 Å². The number of esters is 1. The van der Waals surface area contributed by atoms with Crippen LogP contribution in [0.5, 0.6) is 0 Å². The Morgan fingerprint density at radius 2 is 1.85 bits per heavy atom. The van der Waals surface area contributed by atoms with Crippen molar-refractivity contribution in [3.8, 4) is 0 Å². The van der Waals surface area contributed by atoms with E-state index in [1.165, 1.54) is 5.56 Å². The molecule has 2 aromatic rings. The molecule has 1 N–H and O–H groups in total. The highest BCUT2D eigenvalue weighted by Crippen LogP contribution is 2.16. The Morgan fingerprint density at radius 3 is 2.46 bits per heavy atom. The Morgan fingerprint density at radius 1 is 1.19 bits per heavy atom. The van der Waals surface area contributed by atoms with Crippen molar-refractivity contribution in [1.82, 2.24) is 15.1 Å². The van der Waals surface area contributed by atoms with Gasteiger partial charge in [0.2, 0.25) is 0 Å². The third-order valence-electron chi connectivity index (χ3n) is 4.39. The SMILES string of the molecule is CC[C@H](C)NC(=O)COC(=O)c1c(C)nn(Cc2ccc(C)cc2)c1C. The largest absolute Gasteiger partial charge is 0.452 e. The van der Waals surface area contributed by atoms with Crippen LogP contribution < -0.4 is 5.32 Å². The first-order chi connectivity index (χ1) is 12.3. The lowest BCUT2D eigenvalue weighted by molar-refractivity contribution is -0.124. The highest BCUT2D eigenvalue weighted by atomic mass is 16.5. The molecule has 0 radical (unpaired) electrons. The van der Waals surface area contributed by atoms with E-state index >= 15 is 0 Å². The summed E-state index contributed by atoms with van der Waals surface area (Å²) in [6, 6.07) is 8.24. The van der Waals surface area contributed by atoms with E-state index in [1.807, 2.05) is 52.0 Å². The van der Waals surface area contributed by atoms with Crippen molar-refractivity contribution in [1.29, 1.82) is 0 Å². The standard InChI is InChI=1S/C20H27N3O3/c1-6-14(3)21-18(24)12-26-20(25)19-15(4)22-23(16(19)5)11-17-9-7-13(2)8-10-17/h7-10,14H,6,11-12H2,1-5H3,(H,21,24)/t14-/m0/s1. The Bertz CT molecular complexity index is 778. The first-order valence-corrected chi connectivity index (χ1v) is 8.87. The van der Waals surface area contributed by atoms with Gasteiger partial charge in [0.1, 0.15) is 5.56 Å². The van der Waals surface area contributed by atoms with Gasteiger partial charge < -0.3 is 10.1 Å². The maximum atomic E-state index is 12.4. The molecule has 1 amide bonds. The van der Waals surface area contributed by atoms with Crippen molar-refractivity contribution in [3.63, 3.8) is 0 Å². The molecule has 0 saturated heterocycles. The van der Waals surface area contributed by atoms with E-state index in [4.69, 9.17) is 4.74 Å². The van der Waals surface area contributed by atoms with Gasteiger partial charge >= 0.3 is 5.97 Å². The van der Waals surface area contributed by atoms with Crippen LogP contribution in [-0.4, -0.2) is 34.3 Å². The van der Waals surface area contributed by atoms with Crippen LogP contribution in [-0.2, 0) is 16.1 Å². The molecule has 0 bridgehead atoms. The molecule has 0 aliphatic carbocycles. The fourth-order valence-corrected chi connectivity index (χ4v) is 2.63. The molecule has 0 saturated carbocycles. The summed E-state index contributed by atoms with van der Waals surface area (Å²) >= 11 is 0. The topological polar surface area (TPSA) is 73.2 Å². The van der Waals surface area contributed by atoms with E-state index < -0.39 is 5.97 Å². The van der Waals surface area contributed by atoms with Crippen LogP contribution in [0.15, 0.2) is 24.3 Å². The van der Waals surface area contributed by atoms with Gasteiger partial charge in [0.15, 0.2) is 6.61 Å². The maximum Gasteiger partial charge on any atom is 0.342 e. The first kappa shape index (κ1) is 19.7. The molecular formula is C20H27N3O3. The summed E-state index contributed by atoms with van der Waals surface area (Å²) < 4.78 is 6.96. The third-order valence-corrected chi connectivity index (χ3v) is 4.39. The van der Waals surface area contributed by atoms with E-state index in [0.717, 1.165) is 17.7 Å². The quantitative estimate of drug-likeness (QED) is 0.773. The van der Waals surface area contributed by atoms with Gasteiger partial charge in [-0.2, -0.15) is 5.10 Å². The van der Waals surface area contributed by atoms with Gasteiger partial charge in [-0.3, -0.25) is 9.48 Å². The number of aromatic nitrogens is 2. The molecular weight excluding hydrogens is 330 g/mol. The smallest absolute Gasteiger partial charge is 0.342 e. The molecule has 1 atom stereocenters. The predicted molar refractivity (Wildman–Crippen MR) is 100 cm³/mol. The van der Waals surface area contributed by atoms with E-state index in [2.05, 4.69) is 10.4 Å². The fraction of sp³-hybridized carbons (Fsp3) is 0.450. The number of carbonyl (C=O) groups excluding carboxylic acids is 2. The van der Waals surface area contributed by atoms with E-state index in [-0.39, 0.29) is 18.6 Å².